The molecule has 1 aliphatic carbocycles. The predicted octanol–water partition coefficient (Wildman–Crippen LogP) is 14.1. The smallest absolute Gasteiger partial charge is 0.143 e. The summed E-state index contributed by atoms with van der Waals surface area (Å²) in [6.07, 6.45) is 0. The van der Waals surface area contributed by atoms with E-state index in [1.807, 2.05) is 12.1 Å². The number of para-hydroxylation sites is 1. The molecule has 246 valence electrons. The van der Waals surface area contributed by atoms with Gasteiger partial charge >= 0.3 is 0 Å². The topological polar surface area (TPSA) is 29.5 Å². The third-order valence-electron chi connectivity index (χ3n) is 11.3. The molecular weight excluding hydrogens is 635 g/mol. The van der Waals surface area contributed by atoms with Crippen LogP contribution in [0.15, 0.2) is 173 Å². The van der Waals surface area contributed by atoms with Gasteiger partial charge in [-0.2, -0.15) is 0 Å². The minimum Gasteiger partial charge on any atom is -0.456 e. The molecule has 0 fully saturated rings. The first-order valence-corrected chi connectivity index (χ1v) is 17.9. The Labute approximate surface area is 301 Å². The van der Waals surface area contributed by atoms with E-state index < -0.39 is 0 Å². The zero-order valence-corrected chi connectivity index (χ0v) is 28.9. The fourth-order valence-electron chi connectivity index (χ4n) is 8.75. The van der Waals surface area contributed by atoms with Crippen LogP contribution in [0.3, 0.4) is 0 Å². The van der Waals surface area contributed by atoms with E-state index in [0.29, 0.717) is 0 Å². The lowest BCUT2D eigenvalue weighted by Gasteiger charge is -2.30. The number of benzene rings is 8. The molecule has 0 N–H and O–H groups in total. The van der Waals surface area contributed by atoms with Gasteiger partial charge in [-0.15, -0.1) is 0 Å². The van der Waals surface area contributed by atoms with E-state index >= 15 is 0 Å². The largest absolute Gasteiger partial charge is 0.456 e. The third-order valence-corrected chi connectivity index (χ3v) is 11.3. The number of furan rings is 2. The van der Waals surface area contributed by atoms with Crippen LogP contribution in [-0.2, 0) is 5.41 Å². The Hall–Kier alpha value is -6.58. The van der Waals surface area contributed by atoms with Crippen molar-refractivity contribution in [2.45, 2.75) is 19.3 Å². The molecule has 0 amide bonds. The van der Waals surface area contributed by atoms with Crippen molar-refractivity contribution in [3.63, 3.8) is 0 Å². The maximum absolute atomic E-state index is 6.83. The molecule has 0 atom stereocenters. The molecule has 8 aromatic carbocycles. The van der Waals surface area contributed by atoms with E-state index in [1.54, 1.807) is 0 Å². The van der Waals surface area contributed by atoms with Crippen LogP contribution < -0.4 is 4.90 Å². The number of hydrogen-bond acceptors (Lipinski definition) is 3. The molecule has 3 heteroatoms. The highest BCUT2D eigenvalue weighted by Gasteiger charge is 2.36. The second kappa shape index (κ2) is 10.7. The van der Waals surface area contributed by atoms with Crippen LogP contribution in [0, 0.1) is 0 Å². The zero-order valence-electron chi connectivity index (χ0n) is 28.9. The van der Waals surface area contributed by atoms with Crippen LogP contribution in [-0.4, -0.2) is 0 Å². The fraction of sp³-hybridized carbons (Fsp3) is 0.0612. The summed E-state index contributed by atoms with van der Waals surface area (Å²) in [7, 11) is 0. The van der Waals surface area contributed by atoms with Gasteiger partial charge in [0.2, 0.25) is 0 Å². The van der Waals surface area contributed by atoms with E-state index in [0.717, 1.165) is 82.8 Å². The quantitative estimate of drug-likeness (QED) is 0.187. The maximum Gasteiger partial charge on any atom is 0.143 e. The lowest BCUT2D eigenvalue weighted by atomic mass is 9.82. The van der Waals surface area contributed by atoms with Gasteiger partial charge in [-0.3, -0.25) is 0 Å². The molecular formula is C49H33NO2. The molecule has 3 nitrogen and oxygen atoms in total. The fourth-order valence-corrected chi connectivity index (χ4v) is 8.75. The Morgan fingerprint density at radius 2 is 1.12 bits per heavy atom. The van der Waals surface area contributed by atoms with Gasteiger partial charge in [-0.1, -0.05) is 123 Å². The van der Waals surface area contributed by atoms with Crippen LogP contribution in [0.25, 0.3) is 76.9 Å². The van der Waals surface area contributed by atoms with E-state index in [2.05, 4.69) is 170 Å². The highest BCUT2D eigenvalue weighted by molar-refractivity contribution is 6.22. The van der Waals surface area contributed by atoms with Gasteiger partial charge in [0.15, 0.2) is 0 Å². The van der Waals surface area contributed by atoms with Crippen molar-refractivity contribution >= 4 is 71.7 Å². The molecule has 0 spiro atoms. The van der Waals surface area contributed by atoms with Crippen LogP contribution in [0.1, 0.15) is 25.0 Å². The highest BCUT2D eigenvalue weighted by atomic mass is 16.3. The summed E-state index contributed by atoms with van der Waals surface area (Å²) in [4.78, 5) is 2.43. The number of fused-ring (bicyclic) bond motifs is 11. The average Bonchev–Trinajstić information content (AvgIpc) is 3.83. The van der Waals surface area contributed by atoms with Gasteiger partial charge in [0.1, 0.15) is 22.3 Å². The maximum atomic E-state index is 6.83. The first kappa shape index (κ1) is 29.2. The Bertz CT molecular complexity index is 3050. The number of anilines is 3. The summed E-state index contributed by atoms with van der Waals surface area (Å²) < 4.78 is 13.4. The molecule has 0 saturated carbocycles. The summed E-state index contributed by atoms with van der Waals surface area (Å²) >= 11 is 0. The molecule has 0 unspecified atom stereocenters. The zero-order chi connectivity index (χ0) is 34.6. The monoisotopic (exact) mass is 667 g/mol. The van der Waals surface area contributed by atoms with E-state index in [-0.39, 0.29) is 5.41 Å². The van der Waals surface area contributed by atoms with Crippen molar-refractivity contribution in [1.29, 1.82) is 0 Å². The van der Waals surface area contributed by atoms with Crippen molar-refractivity contribution in [3.05, 3.63) is 175 Å². The molecule has 1 aliphatic rings. The first-order valence-electron chi connectivity index (χ1n) is 17.9. The summed E-state index contributed by atoms with van der Waals surface area (Å²) in [6.45, 7) is 4.69. The second-order valence-electron chi connectivity index (χ2n) is 14.5. The van der Waals surface area contributed by atoms with Gasteiger partial charge in [-0.05, 0) is 81.7 Å². The van der Waals surface area contributed by atoms with Crippen molar-refractivity contribution in [2.75, 3.05) is 4.90 Å². The molecule has 10 aromatic rings. The molecule has 0 aliphatic heterocycles. The van der Waals surface area contributed by atoms with Gasteiger partial charge in [-0.25, -0.2) is 0 Å². The second-order valence-corrected chi connectivity index (χ2v) is 14.5. The van der Waals surface area contributed by atoms with Crippen molar-refractivity contribution in [2.24, 2.45) is 0 Å². The third kappa shape index (κ3) is 4.08. The van der Waals surface area contributed by atoms with E-state index in [1.165, 1.54) is 22.3 Å². The SMILES string of the molecule is CC1(C)c2ccccc2-c2ccc(N(c3ccc4c(c3)oc3ccccc34)c3c(-c4ccccc4)ccc4oc5c6ccccc6ccc5c34)cc21. The van der Waals surface area contributed by atoms with E-state index in [9.17, 15) is 0 Å². The molecule has 0 saturated heterocycles. The number of hydrogen-bond donors (Lipinski definition) is 0. The summed E-state index contributed by atoms with van der Waals surface area (Å²) in [6, 6.07) is 58.8. The Kier molecular flexibility index (Phi) is 6.01. The first-order chi connectivity index (χ1) is 25.5. The number of nitrogens with zero attached hydrogens (tertiary/aromatic N) is 1. The predicted molar refractivity (Wildman–Crippen MR) is 216 cm³/mol. The highest BCUT2D eigenvalue weighted by Crippen LogP contribution is 2.53. The average molecular weight is 668 g/mol. The Balaban J connectivity index is 1.26. The Morgan fingerprint density at radius 1 is 0.442 bits per heavy atom. The van der Waals surface area contributed by atoms with Gasteiger partial charge in [0, 0.05) is 50.0 Å². The van der Waals surface area contributed by atoms with Gasteiger partial charge in [0.05, 0.1) is 11.1 Å². The lowest BCUT2D eigenvalue weighted by molar-refractivity contribution is 0.660. The van der Waals surface area contributed by atoms with Crippen molar-refractivity contribution in [3.8, 4) is 22.3 Å². The molecule has 52 heavy (non-hydrogen) atoms. The molecule has 2 aromatic heterocycles. The van der Waals surface area contributed by atoms with Gasteiger partial charge < -0.3 is 13.7 Å². The Morgan fingerprint density at radius 3 is 2.02 bits per heavy atom. The molecule has 2 heterocycles. The van der Waals surface area contributed by atoms with E-state index in [4.69, 9.17) is 8.83 Å². The molecule has 0 bridgehead atoms. The van der Waals surface area contributed by atoms with Crippen molar-refractivity contribution < 1.29 is 8.83 Å². The summed E-state index contributed by atoms with van der Waals surface area (Å²) in [5.74, 6) is 0. The molecule has 0 radical (unpaired) electrons. The van der Waals surface area contributed by atoms with Gasteiger partial charge in [0.25, 0.3) is 0 Å². The van der Waals surface area contributed by atoms with Crippen molar-refractivity contribution in [1.82, 2.24) is 0 Å². The summed E-state index contributed by atoms with van der Waals surface area (Å²) in [5, 5.41) is 6.65. The van der Waals surface area contributed by atoms with Crippen LogP contribution >= 0.6 is 0 Å². The normalized spacial score (nSPS) is 13.3. The standard InChI is InChI=1S/C49H33NO2/c1-49(2)41-18-10-8-16-36(41)37-24-21-32(28-42(37)49)50(33-22-25-39-38-17-9-11-19-43(38)51-45(39)29-33)47-34(30-12-4-3-5-13-30)26-27-44-46(47)40-23-20-31-14-6-7-15-35(31)48(40)52-44/h3-29H,1-2H3. The molecule has 11 rings (SSSR count). The van der Waals surface area contributed by atoms with Crippen LogP contribution in [0.5, 0.6) is 0 Å². The minimum atomic E-state index is -0.161. The van der Waals surface area contributed by atoms with Crippen LogP contribution in [0.4, 0.5) is 17.1 Å². The minimum absolute atomic E-state index is 0.161. The lowest BCUT2D eigenvalue weighted by Crippen LogP contribution is -2.17. The van der Waals surface area contributed by atoms with Crippen LogP contribution in [0.2, 0.25) is 0 Å². The summed E-state index contributed by atoms with van der Waals surface area (Å²) in [5.41, 5.74) is 14.0. The number of rotatable bonds is 4.